The number of methoxy groups -OCH3 is 1. The highest BCUT2D eigenvalue weighted by atomic mass is 16.5. The van der Waals surface area contributed by atoms with E-state index in [2.05, 4.69) is 25.3 Å². The lowest BCUT2D eigenvalue weighted by atomic mass is 9.90. The van der Waals surface area contributed by atoms with E-state index in [1.54, 1.807) is 13.4 Å². The molecule has 1 fully saturated rings. The van der Waals surface area contributed by atoms with Crippen molar-refractivity contribution in [1.29, 1.82) is 0 Å². The van der Waals surface area contributed by atoms with Crippen molar-refractivity contribution in [2.24, 2.45) is 5.92 Å². The average Bonchev–Trinajstić information content (AvgIpc) is 3.16. The Morgan fingerprint density at radius 1 is 1.27 bits per heavy atom. The van der Waals surface area contributed by atoms with Gasteiger partial charge in [0, 0.05) is 6.07 Å². The van der Waals surface area contributed by atoms with Crippen LogP contribution in [0, 0.1) is 5.92 Å². The van der Waals surface area contributed by atoms with Gasteiger partial charge >= 0.3 is 5.95 Å². The predicted molar refractivity (Wildman–Crippen MR) is 98.8 cm³/mol. The van der Waals surface area contributed by atoms with E-state index in [0.717, 1.165) is 17.0 Å². The summed E-state index contributed by atoms with van der Waals surface area (Å²) in [6.45, 7) is 0.716. The molecule has 0 aliphatic heterocycles. The maximum atomic E-state index is 6.11. The molecule has 0 radical (unpaired) electrons. The number of aromatic nitrogens is 4. The van der Waals surface area contributed by atoms with E-state index in [1.807, 2.05) is 24.3 Å². The standard InChI is InChI=1S/C19H23N5O2/c1-25-15-9-5-8-14(10-15)22-19-23-17-16(20-12-21-17)18(24-19)26-11-13-6-3-2-4-7-13/h5,8-10,12-13H,2-4,6-7,11H2,1H3,(H2,20,21,22,23,24)/p+1. The van der Waals surface area contributed by atoms with E-state index in [9.17, 15) is 0 Å². The molecule has 0 unspecified atom stereocenters. The van der Waals surface area contributed by atoms with E-state index in [4.69, 9.17) is 9.47 Å². The first-order valence-corrected chi connectivity index (χ1v) is 9.12. The van der Waals surface area contributed by atoms with Gasteiger partial charge in [0.25, 0.3) is 11.5 Å². The van der Waals surface area contributed by atoms with Crippen molar-refractivity contribution in [3.63, 3.8) is 0 Å². The van der Waals surface area contributed by atoms with Gasteiger partial charge in [0.05, 0.1) is 20.0 Å². The molecule has 4 rings (SSSR count). The molecule has 0 saturated heterocycles. The number of nitrogens with zero attached hydrogens (tertiary/aromatic N) is 2. The third kappa shape index (κ3) is 3.71. The van der Waals surface area contributed by atoms with Crippen LogP contribution in [0.15, 0.2) is 30.6 Å². The molecular formula is C19H24N5O2+. The topological polar surface area (TPSA) is 86.2 Å². The van der Waals surface area contributed by atoms with Gasteiger partial charge in [-0.25, -0.2) is 15.3 Å². The van der Waals surface area contributed by atoms with Gasteiger partial charge in [0.2, 0.25) is 0 Å². The summed E-state index contributed by atoms with van der Waals surface area (Å²) < 4.78 is 11.4. The largest absolute Gasteiger partial charge is 0.497 e. The van der Waals surface area contributed by atoms with Crippen LogP contribution in [-0.2, 0) is 0 Å². The number of nitrogens with one attached hydrogen (secondary N) is 3. The SMILES string of the molecule is COc1cccc(Nc2nc3nc[nH]c3c(OCC3CCCCC3)[nH+]2)c1. The number of imidazole rings is 1. The molecular weight excluding hydrogens is 330 g/mol. The quantitative estimate of drug-likeness (QED) is 0.708. The van der Waals surface area contributed by atoms with Crippen LogP contribution >= 0.6 is 0 Å². The minimum Gasteiger partial charge on any atom is -0.497 e. The Kier molecular flexibility index (Phi) is 4.86. The van der Waals surface area contributed by atoms with Crippen molar-refractivity contribution in [1.82, 2.24) is 15.0 Å². The second-order valence-corrected chi connectivity index (χ2v) is 6.69. The molecule has 0 amide bonds. The third-order valence-corrected chi connectivity index (χ3v) is 4.82. The summed E-state index contributed by atoms with van der Waals surface area (Å²) in [6, 6.07) is 7.69. The van der Waals surface area contributed by atoms with Gasteiger partial charge in [-0.1, -0.05) is 25.3 Å². The molecule has 7 heteroatoms. The number of fused-ring (bicyclic) bond motifs is 1. The van der Waals surface area contributed by atoms with Crippen LogP contribution < -0.4 is 19.8 Å². The summed E-state index contributed by atoms with van der Waals surface area (Å²) >= 11 is 0. The van der Waals surface area contributed by atoms with Crippen molar-refractivity contribution in [2.75, 3.05) is 19.0 Å². The number of anilines is 2. The number of hydrogen-bond acceptors (Lipinski definition) is 5. The Hall–Kier alpha value is -2.83. The molecule has 3 N–H and O–H groups in total. The smallest absolute Gasteiger partial charge is 0.399 e. The number of H-pyrrole nitrogens is 2. The van der Waals surface area contributed by atoms with Crippen molar-refractivity contribution >= 4 is 22.8 Å². The van der Waals surface area contributed by atoms with Gasteiger partial charge in [-0.15, -0.1) is 0 Å². The van der Waals surface area contributed by atoms with Gasteiger partial charge in [-0.2, -0.15) is 0 Å². The number of hydrogen-bond donors (Lipinski definition) is 2. The van der Waals surface area contributed by atoms with Gasteiger partial charge < -0.3 is 14.5 Å². The van der Waals surface area contributed by atoms with E-state index in [0.29, 0.717) is 30.0 Å². The third-order valence-electron chi connectivity index (χ3n) is 4.82. The first-order valence-electron chi connectivity index (χ1n) is 9.12. The summed E-state index contributed by atoms with van der Waals surface area (Å²) in [7, 11) is 1.65. The normalized spacial score (nSPS) is 15.1. The summed E-state index contributed by atoms with van der Waals surface area (Å²) in [5.41, 5.74) is 2.28. The molecule has 0 bridgehead atoms. The number of rotatable bonds is 6. The van der Waals surface area contributed by atoms with Crippen LogP contribution in [0.5, 0.6) is 11.6 Å². The molecule has 2 aromatic heterocycles. The molecule has 3 aromatic rings. The maximum Gasteiger partial charge on any atom is 0.399 e. The lowest BCUT2D eigenvalue weighted by molar-refractivity contribution is -0.380. The highest BCUT2D eigenvalue weighted by molar-refractivity contribution is 5.75. The van der Waals surface area contributed by atoms with Gasteiger partial charge in [0.1, 0.15) is 11.4 Å². The molecule has 1 aliphatic carbocycles. The van der Waals surface area contributed by atoms with Crippen molar-refractivity contribution in [3.05, 3.63) is 30.6 Å². The van der Waals surface area contributed by atoms with E-state index >= 15 is 0 Å². The molecule has 2 heterocycles. The maximum absolute atomic E-state index is 6.11. The fraction of sp³-hybridized carbons (Fsp3) is 0.421. The molecule has 26 heavy (non-hydrogen) atoms. The van der Waals surface area contributed by atoms with Gasteiger partial charge in [-0.3, -0.25) is 0 Å². The van der Waals surface area contributed by atoms with E-state index in [-0.39, 0.29) is 0 Å². The monoisotopic (exact) mass is 354 g/mol. The van der Waals surface area contributed by atoms with E-state index < -0.39 is 0 Å². The van der Waals surface area contributed by atoms with Crippen LogP contribution in [0.2, 0.25) is 0 Å². The first kappa shape index (κ1) is 16.6. The van der Waals surface area contributed by atoms with Crippen molar-refractivity contribution in [3.8, 4) is 11.6 Å². The summed E-state index contributed by atoms with van der Waals surface area (Å²) in [6.07, 6.45) is 8.07. The van der Waals surface area contributed by atoms with E-state index in [1.165, 1.54) is 32.1 Å². The van der Waals surface area contributed by atoms with Crippen molar-refractivity contribution < 1.29 is 14.5 Å². The lowest BCUT2D eigenvalue weighted by Crippen LogP contribution is -2.21. The molecule has 1 aliphatic rings. The summed E-state index contributed by atoms with van der Waals surface area (Å²) in [4.78, 5) is 15.1. The summed E-state index contributed by atoms with van der Waals surface area (Å²) in [5, 5.41) is 3.26. The Morgan fingerprint density at radius 3 is 3.00 bits per heavy atom. The average molecular weight is 354 g/mol. The van der Waals surface area contributed by atoms with Crippen LogP contribution in [0.3, 0.4) is 0 Å². The Labute approximate surface area is 152 Å². The van der Waals surface area contributed by atoms with Crippen LogP contribution in [-0.4, -0.2) is 28.7 Å². The predicted octanol–water partition coefficient (Wildman–Crippen LogP) is 3.48. The lowest BCUT2D eigenvalue weighted by Gasteiger charge is -2.21. The molecule has 1 saturated carbocycles. The minimum atomic E-state index is 0.580. The zero-order chi connectivity index (χ0) is 17.8. The van der Waals surface area contributed by atoms with Crippen molar-refractivity contribution in [2.45, 2.75) is 32.1 Å². The molecule has 1 aromatic carbocycles. The fourth-order valence-electron chi connectivity index (χ4n) is 3.40. The molecule has 0 atom stereocenters. The zero-order valence-electron chi connectivity index (χ0n) is 14.9. The number of aromatic amines is 2. The number of ether oxygens (including phenoxy) is 2. The Balaban J connectivity index is 1.55. The van der Waals surface area contributed by atoms with Crippen LogP contribution in [0.1, 0.15) is 32.1 Å². The Bertz CT molecular complexity index is 873. The highest BCUT2D eigenvalue weighted by Gasteiger charge is 2.20. The molecule has 7 nitrogen and oxygen atoms in total. The highest BCUT2D eigenvalue weighted by Crippen LogP contribution is 2.26. The van der Waals surface area contributed by atoms with Gasteiger partial charge in [-0.05, 0) is 35.9 Å². The second-order valence-electron chi connectivity index (χ2n) is 6.69. The van der Waals surface area contributed by atoms with Gasteiger partial charge in [0.15, 0.2) is 5.52 Å². The fourth-order valence-corrected chi connectivity index (χ4v) is 3.40. The summed E-state index contributed by atoms with van der Waals surface area (Å²) in [5.74, 6) is 2.66. The number of benzene rings is 1. The molecule has 136 valence electrons. The van der Waals surface area contributed by atoms with Crippen LogP contribution in [0.25, 0.3) is 11.2 Å². The second kappa shape index (κ2) is 7.59. The Morgan fingerprint density at radius 2 is 2.15 bits per heavy atom. The zero-order valence-corrected chi connectivity index (χ0v) is 14.9. The molecule has 0 spiro atoms. The minimum absolute atomic E-state index is 0.580. The first-order chi connectivity index (χ1) is 12.8. The van der Waals surface area contributed by atoms with Crippen LogP contribution in [0.4, 0.5) is 11.6 Å².